The van der Waals surface area contributed by atoms with Gasteiger partial charge in [-0.3, -0.25) is 4.79 Å². The van der Waals surface area contributed by atoms with E-state index in [1.54, 1.807) is 25.2 Å². The smallest absolute Gasteiger partial charge is 0.324 e. The van der Waals surface area contributed by atoms with E-state index in [1.165, 1.54) is 6.07 Å². The molecule has 2 atom stereocenters. The number of hydrogen-bond donors (Lipinski definition) is 2. The third-order valence-electron chi connectivity index (χ3n) is 3.72. The van der Waals surface area contributed by atoms with Gasteiger partial charge < -0.3 is 15.2 Å². The van der Waals surface area contributed by atoms with Crippen LogP contribution in [-0.2, 0) is 4.79 Å². The zero-order valence-corrected chi connectivity index (χ0v) is 10.9. The van der Waals surface area contributed by atoms with Crippen molar-refractivity contribution < 1.29 is 19.0 Å². The molecule has 5 heteroatoms. The van der Waals surface area contributed by atoms with Crippen molar-refractivity contribution in [3.8, 4) is 5.75 Å². The van der Waals surface area contributed by atoms with Gasteiger partial charge in [0.15, 0.2) is 11.6 Å². The van der Waals surface area contributed by atoms with Crippen molar-refractivity contribution in [1.82, 2.24) is 5.32 Å². The molecule has 1 aliphatic carbocycles. The van der Waals surface area contributed by atoms with Gasteiger partial charge >= 0.3 is 5.97 Å². The van der Waals surface area contributed by atoms with E-state index in [1.807, 2.05) is 0 Å². The van der Waals surface area contributed by atoms with E-state index in [9.17, 15) is 14.3 Å². The summed E-state index contributed by atoms with van der Waals surface area (Å²) in [5, 5.41) is 12.2. The fraction of sp³-hybridized carbons (Fsp3) is 0.500. The van der Waals surface area contributed by atoms with Gasteiger partial charge in [-0.25, -0.2) is 4.39 Å². The van der Waals surface area contributed by atoms with Crippen LogP contribution in [0.5, 0.6) is 5.75 Å². The zero-order chi connectivity index (χ0) is 13.9. The molecule has 2 unspecified atom stereocenters. The molecule has 0 spiro atoms. The van der Waals surface area contributed by atoms with Crippen LogP contribution >= 0.6 is 0 Å². The molecule has 2 N–H and O–H groups in total. The van der Waals surface area contributed by atoms with Crippen molar-refractivity contribution in [2.75, 3.05) is 7.05 Å². The Balaban J connectivity index is 2.10. The van der Waals surface area contributed by atoms with Crippen LogP contribution in [0.3, 0.4) is 0 Å². The minimum Gasteiger partial charge on any atom is -0.487 e. The first-order valence-corrected chi connectivity index (χ1v) is 6.41. The highest BCUT2D eigenvalue weighted by Crippen LogP contribution is 2.31. The van der Waals surface area contributed by atoms with Crippen molar-refractivity contribution in [1.29, 1.82) is 0 Å². The number of para-hydroxylation sites is 1. The standard InChI is InChI=1S/C14H18FNO3/c1-16-14(13(17)18)8-4-5-10(9-14)19-12-7-3-2-6-11(12)15/h2-3,6-7,10,16H,4-5,8-9H2,1H3,(H,17,18). The zero-order valence-electron chi connectivity index (χ0n) is 10.9. The third-order valence-corrected chi connectivity index (χ3v) is 3.72. The lowest BCUT2D eigenvalue weighted by Gasteiger charge is -2.37. The highest BCUT2D eigenvalue weighted by atomic mass is 19.1. The molecule has 0 saturated heterocycles. The fourth-order valence-corrected chi connectivity index (χ4v) is 2.57. The monoisotopic (exact) mass is 267 g/mol. The molecule has 1 aromatic rings. The second kappa shape index (κ2) is 5.57. The van der Waals surface area contributed by atoms with Gasteiger partial charge in [0.1, 0.15) is 11.6 Å². The molecule has 1 aromatic carbocycles. The van der Waals surface area contributed by atoms with Gasteiger partial charge in [-0.15, -0.1) is 0 Å². The number of hydrogen-bond acceptors (Lipinski definition) is 3. The van der Waals surface area contributed by atoms with Gasteiger partial charge in [0, 0.05) is 6.42 Å². The molecule has 2 rings (SSSR count). The summed E-state index contributed by atoms with van der Waals surface area (Å²) in [6.45, 7) is 0. The van der Waals surface area contributed by atoms with Crippen molar-refractivity contribution in [3.63, 3.8) is 0 Å². The minimum atomic E-state index is -0.964. The third kappa shape index (κ3) is 2.87. The Labute approximate surface area is 111 Å². The predicted octanol–water partition coefficient (Wildman–Crippen LogP) is 2.19. The summed E-state index contributed by atoms with van der Waals surface area (Å²) in [4.78, 5) is 11.4. The maximum atomic E-state index is 13.5. The second-order valence-corrected chi connectivity index (χ2v) is 4.90. The van der Waals surface area contributed by atoms with Gasteiger partial charge in [0.25, 0.3) is 0 Å². The molecule has 1 saturated carbocycles. The number of aliphatic carboxylic acids is 1. The summed E-state index contributed by atoms with van der Waals surface area (Å²) in [7, 11) is 1.64. The van der Waals surface area contributed by atoms with Gasteiger partial charge in [0.2, 0.25) is 0 Å². The molecule has 0 heterocycles. The summed E-state index contributed by atoms with van der Waals surface area (Å²) >= 11 is 0. The van der Waals surface area contributed by atoms with Crippen molar-refractivity contribution in [3.05, 3.63) is 30.1 Å². The molecule has 0 radical (unpaired) electrons. The second-order valence-electron chi connectivity index (χ2n) is 4.90. The molecule has 1 fully saturated rings. The molecule has 1 aliphatic rings. The number of ether oxygens (including phenoxy) is 1. The summed E-state index contributed by atoms with van der Waals surface area (Å²) in [6, 6.07) is 6.19. The van der Waals surface area contributed by atoms with Crippen LogP contribution < -0.4 is 10.1 Å². The van der Waals surface area contributed by atoms with Crippen LogP contribution in [0.4, 0.5) is 4.39 Å². The number of halogens is 1. The Bertz CT molecular complexity index is 466. The summed E-state index contributed by atoms with van der Waals surface area (Å²) < 4.78 is 19.1. The Hall–Kier alpha value is -1.62. The largest absolute Gasteiger partial charge is 0.487 e. The number of benzene rings is 1. The molecule has 0 aromatic heterocycles. The normalized spacial score (nSPS) is 26.9. The molecule has 19 heavy (non-hydrogen) atoms. The van der Waals surface area contributed by atoms with Crippen LogP contribution in [0, 0.1) is 5.82 Å². The number of nitrogens with one attached hydrogen (secondary N) is 1. The van der Waals surface area contributed by atoms with E-state index < -0.39 is 17.3 Å². The van der Waals surface area contributed by atoms with Crippen LogP contribution in [0.1, 0.15) is 25.7 Å². The number of carbonyl (C=O) groups is 1. The Morgan fingerprint density at radius 1 is 1.53 bits per heavy atom. The first-order chi connectivity index (χ1) is 9.07. The first-order valence-electron chi connectivity index (χ1n) is 6.41. The number of carboxylic acid groups (broad SMARTS) is 1. The summed E-state index contributed by atoms with van der Waals surface area (Å²) in [6.07, 6.45) is 2.11. The van der Waals surface area contributed by atoms with E-state index in [4.69, 9.17) is 4.74 Å². The lowest BCUT2D eigenvalue weighted by Crippen LogP contribution is -2.55. The number of carboxylic acids is 1. The maximum Gasteiger partial charge on any atom is 0.324 e. The lowest BCUT2D eigenvalue weighted by molar-refractivity contribution is -0.147. The molecule has 104 valence electrons. The van der Waals surface area contributed by atoms with E-state index >= 15 is 0 Å². The predicted molar refractivity (Wildman–Crippen MR) is 68.7 cm³/mol. The highest BCUT2D eigenvalue weighted by molar-refractivity contribution is 5.79. The Kier molecular flexibility index (Phi) is 4.04. The quantitative estimate of drug-likeness (QED) is 0.878. The van der Waals surface area contributed by atoms with E-state index in [2.05, 4.69) is 5.32 Å². The van der Waals surface area contributed by atoms with Crippen LogP contribution in [0.15, 0.2) is 24.3 Å². The Morgan fingerprint density at radius 3 is 2.89 bits per heavy atom. The maximum absolute atomic E-state index is 13.5. The Morgan fingerprint density at radius 2 is 2.26 bits per heavy atom. The average molecular weight is 267 g/mol. The molecular formula is C14H18FNO3. The van der Waals surface area contributed by atoms with Gasteiger partial charge in [-0.1, -0.05) is 12.1 Å². The van der Waals surface area contributed by atoms with E-state index in [0.717, 1.165) is 12.8 Å². The van der Waals surface area contributed by atoms with Gasteiger partial charge in [0.05, 0.1) is 0 Å². The topological polar surface area (TPSA) is 58.6 Å². The van der Waals surface area contributed by atoms with E-state index in [0.29, 0.717) is 12.8 Å². The van der Waals surface area contributed by atoms with Crippen molar-refractivity contribution in [2.24, 2.45) is 0 Å². The minimum absolute atomic E-state index is 0.185. The fourth-order valence-electron chi connectivity index (χ4n) is 2.57. The summed E-state index contributed by atoms with van der Waals surface area (Å²) in [5.74, 6) is -1.11. The molecule has 0 aliphatic heterocycles. The number of likely N-dealkylation sites (N-methyl/N-ethyl adjacent to an activating group) is 1. The van der Waals surface area contributed by atoms with Gasteiger partial charge in [-0.2, -0.15) is 0 Å². The van der Waals surface area contributed by atoms with Crippen molar-refractivity contribution in [2.45, 2.75) is 37.3 Å². The van der Waals surface area contributed by atoms with Gasteiger partial charge in [-0.05, 0) is 38.4 Å². The lowest BCUT2D eigenvalue weighted by atomic mass is 9.80. The van der Waals surface area contributed by atoms with Crippen LogP contribution in [0.2, 0.25) is 0 Å². The average Bonchev–Trinajstić information content (AvgIpc) is 2.41. The molecule has 0 bridgehead atoms. The summed E-state index contributed by atoms with van der Waals surface area (Å²) in [5.41, 5.74) is -0.964. The van der Waals surface area contributed by atoms with Crippen molar-refractivity contribution >= 4 is 5.97 Å². The molecule has 0 amide bonds. The first kappa shape index (κ1) is 13.8. The molecule has 4 nitrogen and oxygen atoms in total. The van der Waals surface area contributed by atoms with Crippen LogP contribution in [0.25, 0.3) is 0 Å². The SMILES string of the molecule is CNC1(C(=O)O)CCCC(Oc2ccccc2F)C1. The molecular weight excluding hydrogens is 249 g/mol. The number of rotatable bonds is 4. The highest BCUT2D eigenvalue weighted by Gasteiger charge is 2.42. The van der Waals surface area contributed by atoms with E-state index in [-0.39, 0.29) is 11.9 Å². The van der Waals surface area contributed by atoms with Crippen LogP contribution in [-0.4, -0.2) is 29.8 Å².